The van der Waals surface area contributed by atoms with E-state index in [0.29, 0.717) is 5.76 Å². The van der Waals surface area contributed by atoms with Crippen LogP contribution in [0.1, 0.15) is 13.8 Å². The van der Waals surface area contributed by atoms with Gasteiger partial charge in [-0.05, 0) is 13.8 Å². The zero-order valence-electron chi connectivity index (χ0n) is 4.97. The van der Waals surface area contributed by atoms with Crippen LogP contribution < -0.4 is 0 Å². The molecule has 46 valence electrons. The van der Waals surface area contributed by atoms with Gasteiger partial charge in [-0.2, -0.15) is 0 Å². The Hall–Kier alpha value is -0.360. The monoisotopic (exact) mass is 132 g/mol. The van der Waals surface area contributed by atoms with Crippen molar-refractivity contribution in [1.82, 2.24) is 0 Å². The quantitative estimate of drug-likeness (QED) is 0.321. The highest BCUT2D eigenvalue weighted by Gasteiger charge is 1.86. The molecule has 0 N–H and O–H groups in total. The molecule has 0 aliphatic heterocycles. The fourth-order valence-electron chi connectivity index (χ4n) is 0.320. The van der Waals surface area contributed by atoms with Gasteiger partial charge in [0.05, 0.1) is 15.2 Å². The number of rotatable bonds is 2. The number of carbonyl (C=O) groups excluding carboxylic acids is 1. The molecule has 0 fully saturated rings. The van der Waals surface area contributed by atoms with Crippen molar-refractivity contribution < 1.29 is 9.32 Å². The summed E-state index contributed by atoms with van der Waals surface area (Å²) >= 11 is 0. The number of hydrogen-bond acceptors (Lipinski definition) is 2. The van der Waals surface area contributed by atoms with E-state index in [4.69, 9.17) is 0 Å². The molecule has 0 radical (unpaired) electrons. The van der Waals surface area contributed by atoms with Gasteiger partial charge in [0, 0.05) is 6.08 Å². The number of allylic oxidation sites excluding steroid dienone is 2. The maximum Gasteiger partial charge on any atom is 0.155 e. The molecule has 0 amide bonds. The average molecular weight is 132 g/mol. The maximum atomic E-state index is 10.2. The van der Waals surface area contributed by atoms with Crippen LogP contribution in [0.2, 0.25) is 0 Å². The lowest BCUT2D eigenvalue weighted by atomic mass is 10.4. The molecule has 0 aromatic rings. The third-order valence-corrected chi connectivity index (χ3v) is 0.964. The first-order valence-corrected chi connectivity index (χ1v) is 2.69. The molecule has 0 bridgehead atoms. The van der Waals surface area contributed by atoms with Gasteiger partial charge in [-0.25, -0.2) is 0 Å². The van der Waals surface area contributed by atoms with E-state index in [1.54, 1.807) is 6.92 Å². The summed E-state index contributed by atoms with van der Waals surface area (Å²) in [5.41, 5.74) is 0. The first-order valence-electron chi connectivity index (χ1n) is 2.22. The van der Waals surface area contributed by atoms with Crippen LogP contribution in [-0.4, -0.2) is 5.78 Å². The minimum atomic E-state index is 0.00458. The van der Waals surface area contributed by atoms with Gasteiger partial charge in [-0.3, -0.25) is 4.79 Å². The van der Waals surface area contributed by atoms with E-state index in [9.17, 15) is 4.79 Å². The van der Waals surface area contributed by atoms with Crippen LogP contribution in [0.4, 0.5) is 0 Å². The second kappa shape index (κ2) is 3.62. The van der Waals surface area contributed by atoms with Crippen molar-refractivity contribution in [3.8, 4) is 0 Å². The van der Waals surface area contributed by atoms with Crippen molar-refractivity contribution in [1.29, 1.82) is 0 Å². The van der Waals surface area contributed by atoms with Crippen LogP contribution in [0, 0.1) is 0 Å². The Balaban J connectivity index is 3.75. The summed E-state index contributed by atoms with van der Waals surface area (Å²) < 4.78 is 4.62. The van der Waals surface area contributed by atoms with E-state index in [0.717, 1.165) is 0 Å². The summed E-state index contributed by atoms with van der Waals surface area (Å²) in [4.78, 5) is 10.2. The fourth-order valence-corrected chi connectivity index (χ4v) is 0.388. The van der Waals surface area contributed by atoms with Gasteiger partial charge in [-0.15, -0.1) is 0 Å². The summed E-state index contributed by atoms with van der Waals surface area (Å²) in [5.74, 6) is 0.618. The van der Waals surface area contributed by atoms with Crippen LogP contribution in [0.3, 0.4) is 0 Å². The van der Waals surface area contributed by atoms with Crippen LogP contribution in [0.25, 0.3) is 0 Å². The summed E-state index contributed by atoms with van der Waals surface area (Å²) in [5, 5.41) is 0. The van der Waals surface area contributed by atoms with E-state index in [1.165, 1.54) is 13.0 Å². The normalized spacial score (nSPS) is 11.1. The van der Waals surface area contributed by atoms with Crippen LogP contribution in [-0.2, 0) is 9.32 Å². The summed E-state index contributed by atoms with van der Waals surface area (Å²) in [6, 6.07) is 0. The van der Waals surface area contributed by atoms with Crippen LogP contribution in [0.5, 0.6) is 0 Å². The number of carbonyl (C=O) groups is 1. The Morgan fingerprint density at radius 1 is 1.62 bits per heavy atom. The van der Waals surface area contributed by atoms with E-state index in [2.05, 4.69) is 14.0 Å². The lowest BCUT2D eigenvalue weighted by molar-refractivity contribution is -0.112. The lowest BCUT2D eigenvalue weighted by Crippen LogP contribution is -1.83. The van der Waals surface area contributed by atoms with E-state index >= 15 is 0 Å². The molecule has 0 aromatic carbocycles. The highest BCUT2D eigenvalue weighted by atomic mass is 31.0. The first-order chi connectivity index (χ1) is 3.66. The Labute approximate surface area is 51.2 Å². The minimum Gasteiger partial charge on any atom is -0.485 e. The predicted molar refractivity (Wildman–Crippen MR) is 35.2 cm³/mol. The fraction of sp³-hybridized carbons (Fsp3) is 0.400. The van der Waals surface area contributed by atoms with E-state index in [-0.39, 0.29) is 5.78 Å². The molecule has 2 nitrogen and oxygen atoms in total. The smallest absolute Gasteiger partial charge is 0.155 e. The Morgan fingerprint density at radius 2 is 2.12 bits per heavy atom. The van der Waals surface area contributed by atoms with E-state index < -0.39 is 0 Å². The average Bonchev–Trinajstić information content (AvgIpc) is 1.65. The maximum absolute atomic E-state index is 10.2. The third kappa shape index (κ3) is 3.82. The summed E-state index contributed by atoms with van der Waals surface area (Å²) in [6.45, 7) is 3.20. The van der Waals surface area contributed by atoms with Crippen molar-refractivity contribution >= 4 is 15.2 Å². The van der Waals surface area contributed by atoms with Crippen molar-refractivity contribution in [2.75, 3.05) is 0 Å². The number of hydrogen-bond donors (Lipinski definition) is 0. The zero-order chi connectivity index (χ0) is 6.57. The van der Waals surface area contributed by atoms with Gasteiger partial charge in [0.2, 0.25) is 0 Å². The van der Waals surface area contributed by atoms with Gasteiger partial charge in [0.1, 0.15) is 0 Å². The van der Waals surface area contributed by atoms with Crippen LogP contribution in [0.15, 0.2) is 11.8 Å². The molecule has 0 aliphatic carbocycles. The molecular formula is C5H9O2P. The highest BCUT2D eigenvalue weighted by molar-refractivity contribution is 7.10. The lowest BCUT2D eigenvalue weighted by Gasteiger charge is -1.92. The topological polar surface area (TPSA) is 26.3 Å². The molecule has 1 atom stereocenters. The molecule has 0 aromatic heterocycles. The van der Waals surface area contributed by atoms with Crippen molar-refractivity contribution in [3.63, 3.8) is 0 Å². The van der Waals surface area contributed by atoms with Crippen LogP contribution >= 0.6 is 9.47 Å². The summed E-state index contributed by atoms with van der Waals surface area (Å²) in [7, 11) is 2.06. The molecule has 3 heteroatoms. The zero-order valence-corrected chi connectivity index (χ0v) is 6.13. The molecule has 1 unspecified atom stereocenters. The standard InChI is InChI=1S/C5H9O2P/c1-4(6)3-5(2)7-8/h3H,8H2,1-2H3/b5-3+. The van der Waals surface area contributed by atoms with Gasteiger partial charge in [0.25, 0.3) is 0 Å². The van der Waals surface area contributed by atoms with Crippen molar-refractivity contribution in [2.45, 2.75) is 13.8 Å². The number of ketones is 1. The molecule has 0 aliphatic rings. The second-order valence-corrected chi connectivity index (χ2v) is 1.72. The molecule has 0 saturated heterocycles. The molecular weight excluding hydrogens is 123 g/mol. The SMILES string of the molecule is CC(=O)/C=C(\C)OP. The molecule has 0 saturated carbocycles. The van der Waals surface area contributed by atoms with E-state index in [1.807, 2.05) is 0 Å². The minimum absolute atomic E-state index is 0.00458. The second-order valence-electron chi connectivity index (χ2n) is 1.48. The predicted octanol–water partition coefficient (Wildman–Crippen LogP) is 1.29. The van der Waals surface area contributed by atoms with Gasteiger partial charge >= 0.3 is 0 Å². The van der Waals surface area contributed by atoms with Gasteiger partial charge in [-0.1, -0.05) is 0 Å². The molecule has 0 rings (SSSR count). The van der Waals surface area contributed by atoms with Crippen molar-refractivity contribution in [2.24, 2.45) is 0 Å². The largest absolute Gasteiger partial charge is 0.485 e. The van der Waals surface area contributed by atoms with Gasteiger partial charge < -0.3 is 4.52 Å². The first kappa shape index (κ1) is 7.64. The molecule has 0 heterocycles. The third-order valence-electron chi connectivity index (χ3n) is 0.592. The molecule has 0 spiro atoms. The highest BCUT2D eigenvalue weighted by Crippen LogP contribution is 1.99. The Kier molecular flexibility index (Phi) is 3.46. The van der Waals surface area contributed by atoms with Gasteiger partial charge in [0.15, 0.2) is 5.78 Å². The Bertz CT molecular complexity index is 118. The summed E-state index contributed by atoms with van der Waals surface area (Å²) in [6.07, 6.45) is 1.42. The van der Waals surface area contributed by atoms with Crippen molar-refractivity contribution in [3.05, 3.63) is 11.8 Å². The Morgan fingerprint density at radius 3 is 2.25 bits per heavy atom. The molecule has 8 heavy (non-hydrogen) atoms.